The summed E-state index contributed by atoms with van der Waals surface area (Å²) in [5, 5.41) is 2.02. The van der Waals surface area contributed by atoms with Crippen molar-refractivity contribution in [2.45, 2.75) is 52.4 Å². The average Bonchev–Trinajstić information content (AvgIpc) is 3.60. The molecule has 2 aliphatic heterocycles. The molecule has 0 aliphatic carbocycles. The van der Waals surface area contributed by atoms with Crippen molar-refractivity contribution in [3.05, 3.63) is 47.5 Å². The highest BCUT2D eigenvalue weighted by molar-refractivity contribution is 6.09. The molecule has 0 N–H and O–H groups in total. The molecule has 3 aromatic heterocycles. The van der Waals surface area contributed by atoms with Gasteiger partial charge in [-0.1, -0.05) is 0 Å². The Morgan fingerprint density at radius 2 is 1.75 bits per heavy atom. The molecule has 40 heavy (non-hydrogen) atoms. The number of rotatable bonds is 9. The van der Waals surface area contributed by atoms with Crippen molar-refractivity contribution in [2.75, 3.05) is 53.5 Å². The molecule has 212 valence electrons. The van der Waals surface area contributed by atoms with Gasteiger partial charge >= 0.3 is 0 Å². The average molecular weight is 543 g/mol. The number of benzene rings is 1. The summed E-state index contributed by atoms with van der Waals surface area (Å²) in [7, 11) is 3.92. The van der Waals surface area contributed by atoms with E-state index in [1.807, 2.05) is 19.9 Å². The lowest BCUT2D eigenvalue weighted by Gasteiger charge is -2.28. The van der Waals surface area contributed by atoms with E-state index in [2.05, 4.69) is 41.1 Å². The van der Waals surface area contributed by atoms with E-state index in [1.54, 1.807) is 7.11 Å². The van der Waals surface area contributed by atoms with Gasteiger partial charge in [-0.05, 0) is 116 Å². The fourth-order valence-corrected chi connectivity index (χ4v) is 6.40. The van der Waals surface area contributed by atoms with Gasteiger partial charge in [-0.15, -0.1) is 0 Å². The molecule has 0 amide bonds. The predicted octanol–water partition coefficient (Wildman–Crippen LogP) is 6.42. The first-order valence-electron chi connectivity index (χ1n) is 14.9. The van der Waals surface area contributed by atoms with Gasteiger partial charge in [0.1, 0.15) is 11.5 Å². The molecule has 0 bridgehead atoms. The van der Waals surface area contributed by atoms with Gasteiger partial charge in [0.15, 0.2) is 11.5 Å². The maximum Gasteiger partial charge on any atom is 0.163 e. The molecular weight excluding hydrogens is 500 g/mol. The number of methoxy groups -OCH3 is 1. The second kappa shape index (κ2) is 11.8. The van der Waals surface area contributed by atoms with Crippen LogP contribution in [0.3, 0.4) is 0 Å². The number of nitrogens with zero attached hydrogens (tertiary/aromatic N) is 4. The number of aryl methyl sites for hydroxylation is 2. The van der Waals surface area contributed by atoms with Gasteiger partial charge in [-0.3, -0.25) is 4.98 Å². The SMILES string of the molecule is COc1cc2c(cc1OCCCN1CCCC1)nc(-c1cc(C)oc1C)c1ccc(CC3CCN(C)CC3)nc12. The van der Waals surface area contributed by atoms with Crippen LogP contribution in [0.4, 0.5) is 0 Å². The van der Waals surface area contributed by atoms with E-state index in [4.69, 9.17) is 23.9 Å². The first-order chi connectivity index (χ1) is 19.5. The van der Waals surface area contributed by atoms with Crippen molar-refractivity contribution in [3.8, 4) is 22.8 Å². The van der Waals surface area contributed by atoms with E-state index in [1.165, 1.54) is 38.8 Å². The molecular formula is C33H42N4O3. The lowest BCUT2D eigenvalue weighted by Crippen LogP contribution is -2.31. The van der Waals surface area contributed by atoms with Gasteiger partial charge in [-0.25, -0.2) is 4.98 Å². The Balaban J connectivity index is 1.38. The van der Waals surface area contributed by atoms with Gasteiger partial charge in [0.2, 0.25) is 0 Å². The highest BCUT2D eigenvalue weighted by Gasteiger charge is 2.21. The minimum atomic E-state index is 0.651. The molecule has 0 unspecified atom stereocenters. The van der Waals surface area contributed by atoms with Crippen LogP contribution in [0.2, 0.25) is 0 Å². The van der Waals surface area contributed by atoms with Gasteiger partial charge in [-0.2, -0.15) is 0 Å². The normalized spacial score (nSPS) is 17.3. The van der Waals surface area contributed by atoms with Crippen LogP contribution >= 0.6 is 0 Å². The maximum absolute atomic E-state index is 6.28. The Morgan fingerprint density at radius 1 is 0.950 bits per heavy atom. The fourth-order valence-electron chi connectivity index (χ4n) is 6.40. The fraction of sp³-hybridized carbons (Fsp3) is 0.515. The van der Waals surface area contributed by atoms with Crippen LogP contribution in [0.5, 0.6) is 11.5 Å². The van der Waals surface area contributed by atoms with Crippen molar-refractivity contribution >= 4 is 21.8 Å². The monoisotopic (exact) mass is 542 g/mol. The number of hydrogen-bond acceptors (Lipinski definition) is 7. The standard InChI is InChI=1S/C33H42N4O3/c1-22-18-27(23(2)40-22)32-26-9-8-25(19-24-10-15-36(3)16-11-24)34-33(26)28-20-30(38-4)31(21-29(28)35-32)39-17-7-14-37-12-5-6-13-37/h8-9,18,20-21,24H,5-7,10-17,19H2,1-4H3. The smallest absolute Gasteiger partial charge is 0.163 e. The molecule has 5 heterocycles. The van der Waals surface area contributed by atoms with Crippen molar-refractivity contribution in [1.29, 1.82) is 0 Å². The van der Waals surface area contributed by atoms with E-state index in [-0.39, 0.29) is 0 Å². The minimum Gasteiger partial charge on any atom is -0.493 e. The van der Waals surface area contributed by atoms with Crippen molar-refractivity contribution < 1.29 is 13.9 Å². The van der Waals surface area contributed by atoms with E-state index >= 15 is 0 Å². The number of fused-ring (bicyclic) bond motifs is 3. The second-order valence-electron chi connectivity index (χ2n) is 11.7. The number of pyridine rings is 2. The van der Waals surface area contributed by atoms with Gasteiger partial charge in [0.25, 0.3) is 0 Å². The Hall–Kier alpha value is -3.16. The number of hydrogen-bond donors (Lipinski definition) is 0. The summed E-state index contributed by atoms with van der Waals surface area (Å²) in [6.07, 6.45) is 7.06. The predicted molar refractivity (Wildman–Crippen MR) is 160 cm³/mol. The van der Waals surface area contributed by atoms with Crippen LogP contribution in [-0.2, 0) is 6.42 Å². The third kappa shape index (κ3) is 5.68. The topological polar surface area (TPSA) is 63.9 Å². The van der Waals surface area contributed by atoms with Crippen LogP contribution in [-0.4, -0.2) is 73.3 Å². The van der Waals surface area contributed by atoms with Crippen LogP contribution in [0.15, 0.2) is 34.7 Å². The lowest BCUT2D eigenvalue weighted by molar-refractivity contribution is 0.218. The molecule has 2 saturated heterocycles. The van der Waals surface area contributed by atoms with Crippen molar-refractivity contribution in [1.82, 2.24) is 19.8 Å². The van der Waals surface area contributed by atoms with Crippen LogP contribution < -0.4 is 9.47 Å². The largest absolute Gasteiger partial charge is 0.493 e. The Bertz CT molecular complexity index is 1480. The van der Waals surface area contributed by atoms with E-state index < -0.39 is 0 Å². The number of piperidine rings is 1. The molecule has 0 spiro atoms. The molecule has 1 aromatic carbocycles. The highest BCUT2D eigenvalue weighted by atomic mass is 16.5. The summed E-state index contributed by atoms with van der Waals surface area (Å²) < 4.78 is 18.0. The lowest BCUT2D eigenvalue weighted by atomic mass is 9.92. The number of ether oxygens (including phenoxy) is 2. The quantitative estimate of drug-likeness (QED) is 0.179. The summed E-state index contributed by atoms with van der Waals surface area (Å²) in [5.41, 5.74) is 4.88. The summed E-state index contributed by atoms with van der Waals surface area (Å²) >= 11 is 0. The summed E-state index contributed by atoms with van der Waals surface area (Å²) in [4.78, 5) is 15.4. The Labute approximate surface area is 237 Å². The molecule has 2 fully saturated rings. The van der Waals surface area contributed by atoms with Crippen molar-refractivity contribution in [2.24, 2.45) is 5.92 Å². The summed E-state index contributed by atoms with van der Waals surface area (Å²) in [6, 6.07) is 10.6. The third-order valence-electron chi connectivity index (χ3n) is 8.68. The van der Waals surface area contributed by atoms with Gasteiger partial charge in [0.05, 0.1) is 30.4 Å². The zero-order valence-corrected chi connectivity index (χ0v) is 24.5. The number of furan rings is 1. The first-order valence-corrected chi connectivity index (χ1v) is 14.9. The van der Waals surface area contributed by atoms with Gasteiger partial charge < -0.3 is 23.7 Å². The molecule has 0 atom stereocenters. The van der Waals surface area contributed by atoms with Crippen LogP contribution in [0.25, 0.3) is 33.1 Å². The van der Waals surface area contributed by atoms with Crippen molar-refractivity contribution in [3.63, 3.8) is 0 Å². The molecule has 7 nitrogen and oxygen atoms in total. The second-order valence-corrected chi connectivity index (χ2v) is 11.7. The molecule has 0 radical (unpaired) electrons. The zero-order valence-electron chi connectivity index (χ0n) is 24.5. The molecule has 4 aromatic rings. The van der Waals surface area contributed by atoms with Gasteiger partial charge in [0, 0.05) is 34.6 Å². The molecule has 0 saturated carbocycles. The summed E-state index contributed by atoms with van der Waals surface area (Å²) in [6.45, 7) is 10.4. The molecule has 7 heteroatoms. The first kappa shape index (κ1) is 27.0. The van der Waals surface area contributed by atoms with E-state index in [9.17, 15) is 0 Å². The summed E-state index contributed by atoms with van der Waals surface area (Å²) in [5.74, 6) is 3.88. The maximum atomic E-state index is 6.28. The highest BCUT2D eigenvalue weighted by Crippen LogP contribution is 2.39. The third-order valence-corrected chi connectivity index (χ3v) is 8.68. The van der Waals surface area contributed by atoms with E-state index in [0.29, 0.717) is 12.5 Å². The van der Waals surface area contributed by atoms with Crippen LogP contribution in [0.1, 0.15) is 49.3 Å². The van der Waals surface area contributed by atoms with E-state index in [0.717, 1.165) is 94.3 Å². The van der Waals surface area contributed by atoms with Crippen LogP contribution in [0, 0.1) is 19.8 Å². The molecule has 6 rings (SSSR count). The number of likely N-dealkylation sites (tertiary alicyclic amines) is 2. The Morgan fingerprint density at radius 3 is 2.48 bits per heavy atom. The Kier molecular flexibility index (Phi) is 7.94. The minimum absolute atomic E-state index is 0.651. The molecule has 2 aliphatic rings. The number of aromatic nitrogens is 2. The zero-order chi connectivity index (χ0) is 27.6.